The summed E-state index contributed by atoms with van der Waals surface area (Å²) in [6.45, 7) is 1.17. The summed E-state index contributed by atoms with van der Waals surface area (Å²) in [5.74, 6) is 0.986. The average molecular weight is 341 g/mol. The highest BCUT2D eigenvalue weighted by molar-refractivity contribution is 14.1. The zero-order valence-corrected chi connectivity index (χ0v) is 12.3. The molecule has 2 heteroatoms. The summed E-state index contributed by atoms with van der Waals surface area (Å²) >= 11 is 2.57. The first-order chi connectivity index (χ1) is 8.36. The van der Waals surface area contributed by atoms with Gasteiger partial charge in [0.1, 0.15) is 0 Å². The van der Waals surface area contributed by atoms with Crippen molar-refractivity contribution in [2.45, 2.75) is 44.3 Å². The van der Waals surface area contributed by atoms with Crippen LogP contribution in [-0.4, -0.2) is 21.4 Å². The van der Waals surface area contributed by atoms with E-state index in [1.54, 1.807) is 0 Å². The van der Waals surface area contributed by atoms with Crippen LogP contribution in [0.25, 0.3) is 0 Å². The van der Waals surface area contributed by atoms with Crippen LogP contribution in [0.15, 0.2) is 30.3 Å². The molecule has 0 N–H and O–H groups in total. The van der Waals surface area contributed by atoms with Gasteiger partial charge in [-0.2, -0.15) is 0 Å². The number of halogens is 1. The van der Waals surface area contributed by atoms with E-state index in [9.17, 15) is 0 Å². The highest BCUT2D eigenvalue weighted by Gasteiger charge is 2.39. The number of alkyl halides is 1. The number of piperidine rings is 1. The quantitative estimate of drug-likeness (QED) is 0.596. The van der Waals surface area contributed by atoms with E-state index in [1.165, 1.54) is 42.2 Å². The van der Waals surface area contributed by atoms with Gasteiger partial charge in [-0.25, -0.2) is 0 Å². The van der Waals surface area contributed by atoms with Crippen molar-refractivity contribution in [2.75, 3.05) is 4.43 Å². The van der Waals surface area contributed by atoms with E-state index < -0.39 is 0 Å². The predicted molar refractivity (Wildman–Crippen MR) is 80.4 cm³/mol. The Balaban J connectivity index is 1.69. The molecule has 0 saturated carbocycles. The lowest BCUT2D eigenvalue weighted by Crippen LogP contribution is -2.42. The number of rotatable bonds is 3. The summed E-state index contributed by atoms with van der Waals surface area (Å²) in [5, 5.41) is 0. The molecule has 2 fully saturated rings. The van der Waals surface area contributed by atoms with Gasteiger partial charge < -0.3 is 0 Å². The van der Waals surface area contributed by atoms with Crippen molar-refractivity contribution in [3.05, 3.63) is 35.9 Å². The van der Waals surface area contributed by atoms with Gasteiger partial charge >= 0.3 is 0 Å². The molecule has 1 aromatic rings. The summed E-state index contributed by atoms with van der Waals surface area (Å²) < 4.78 is 1.35. The third-order valence-electron chi connectivity index (χ3n) is 4.41. The van der Waals surface area contributed by atoms with Crippen LogP contribution in [0.3, 0.4) is 0 Å². The standard InChI is InChI=1S/C15H20IN/c16-10-13-8-14-6-7-15(9-13)17(14)11-12-4-2-1-3-5-12/h1-5,13-15H,6-11H2/t13-,14+,15-. The molecule has 2 aliphatic heterocycles. The monoisotopic (exact) mass is 341 g/mol. The first-order valence-corrected chi connectivity index (χ1v) is 8.25. The fourth-order valence-corrected chi connectivity index (χ4v) is 4.28. The van der Waals surface area contributed by atoms with Gasteiger partial charge in [0, 0.05) is 23.1 Å². The molecular weight excluding hydrogens is 321 g/mol. The fourth-order valence-electron chi connectivity index (χ4n) is 3.57. The van der Waals surface area contributed by atoms with E-state index >= 15 is 0 Å². The predicted octanol–water partition coefficient (Wildman–Crippen LogP) is 3.86. The van der Waals surface area contributed by atoms with Crippen molar-refractivity contribution in [1.29, 1.82) is 0 Å². The number of nitrogens with zero attached hydrogens (tertiary/aromatic N) is 1. The highest BCUT2D eigenvalue weighted by atomic mass is 127. The van der Waals surface area contributed by atoms with Gasteiger partial charge in [0.15, 0.2) is 0 Å². The molecule has 92 valence electrons. The summed E-state index contributed by atoms with van der Waals surface area (Å²) in [4.78, 5) is 2.78. The highest BCUT2D eigenvalue weighted by Crippen LogP contribution is 2.40. The smallest absolute Gasteiger partial charge is 0.0239 e. The number of fused-ring (bicyclic) bond motifs is 2. The van der Waals surface area contributed by atoms with Crippen molar-refractivity contribution in [2.24, 2.45) is 5.92 Å². The lowest BCUT2D eigenvalue weighted by molar-refractivity contribution is 0.105. The molecular formula is C15H20IN. The van der Waals surface area contributed by atoms with Crippen LogP contribution < -0.4 is 0 Å². The largest absolute Gasteiger partial charge is 0.293 e. The van der Waals surface area contributed by atoms with Crippen molar-refractivity contribution >= 4 is 22.6 Å². The Bertz CT molecular complexity index is 350. The van der Waals surface area contributed by atoms with Crippen molar-refractivity contribution < 1.29 is 0 Å². The van der Waals surface area contributed by atoms with E-state index in [2.05, 4.69) is 57.8 Å². The Labute approximate surface area is 118 Å². The Morgan fingerprint density at radius 1 is 1.06 bits per heavy atom. The molecule has 2 bridgehead atoms. The van der Waals surface area contributed by atoms with Crippen LogP contribution in [0, 0.1) is 5.92 Å². The molecule has 2 saturated heterocycles. The molecule has 0 spiro atoms. The molecule has 3 atom stereocenters. The zero-order chi connectivity index (χ0) is 11.7. The van der Waals surface area contributed by atoms with E-state index in [-0.39, 0.29) is 0 Å². The number of hydrogen-bond acceptors (Lipinski definition) is 1. The van der Waals surface area contributed by atoms with Crippen LogP contribution in [0.5, 0.6) is 0 Å². The van der Waals surface area contributed by atoms with Gasteiger partial charge in [0.2, 0.25) is 0 Å². The minimum Gasteiger partial charge on any atom is -0.293 e. The lowest BCUT2D eigenvalue weighted by Gasteiger charge is -2.38. The number of hydrogen-bond donors (Lipinski definition) is 0. The second-order valence-corrected chi connectivity index (χ2v) is 6.42. The fraction of sp³-hybridized carbons (Fsp3) is 0.600. The summed E-state index contributed by atoms with van der Waals surface area (Å²) in [5.41, 5.74) is 1.48. The van der Waals surface area contributed by atoms with Gasteiger partial charge in [-0.3, -0.25) is 4.90 Å². The van der Waals surface area contributed by atoms with E-state index in [1.807, 2.05) is 0 Å². The molecule has 3 rings (SSSR count). The Morgan fingerprint density at radius 2 is 1.71 bits per heavy atom. The minimum atomic E-state index is 0.869. The third kappa shape index (κ3) is 2.53. The summed E-state index contributed by atoms with van der Waals surface area (Å²) in [6, 6.07) is 12.7. The Hall–Kier alpha value is -0.0900. The molecule has 2 heterocycles. The average Bonchev–Trinajstić information content (AvgIpc) is 2.63. The van der Waals surface area contributed by atoms with Crippen LogP contribution in [0.2, 0.25) is 0 Å². The summed E-state index contributed by atoms with van der Waals surface area (Å²) in [6.07, 6.45) is 5.74. The topological polar surface area (TPSA) is 3.24 Å². The second kappa shape index (κ2) is 5.27. The molecule has 0 aromatic heterocycles. The van der Waals surface area contributed by atoms with E-state index in [0.29, 0.717) is 0 Å². The summed E-state index contributed by atoms with van der Waals surface area (Å²) in [7, 11) is 0. The maximum atomic E-state index is 2.78. The number of benzene rings is 1. The van der Waals surface area contributed by atoms with Crippen LogP contribution >= 0.6 is 22.6 Å². The molecule has 1 nitrogen and oxygen atoms in total. The zero-order valence-electron chi connectivity index (χ0n) is 10.2. The SMILES string of the molecule is IC[C@H]1C[C@H]2CC[C@@H](C1)N2Cc1ccccc1. The molecule has 0 unspecified atom stereocenters. The first kappa shape index (κ1) is 12.0. The minimum absolute atomic E-state index is 0.869. The van der Waals surface area contributed by atoms with Crippen molar-refractivity contribution in [1.82, 2.24) is 4.90 Å². The molecule has 0 aliphatic carbocycles. The molecule has 0 radical (unpaired) electrons. The van der Waals surface area contributed by atoms with Gasteiger partial charge in [-0.1, -0.05) is 52.9 Å². The van der Waals surface area contributed by atoms with Crippen LogP contribution in [-0.2, 0) is 6.54 Å². The van der Waals surface area contributed by atoms with Gasteiger partial charge in [-0.05, 0) is 37.2 Å². The molecule has 1 aromatic carbocycles. The molecule has 17 heavy (non-hydrogen) atoms. The van der Waals surface area contributed by atoms with E-state index in [0.717, 1.165) is 18.0 Å². The third-order valence-corrected chi connectivity index (χ3v) is 5.65. The Morgan fingerprint density at radius 3 is 2.29 bits per heavy atom. The first-order valence-electron chi connectivity index (χ1n) is 6.72. The van der Waals surface area contributed by atoms with E-state index in [4.69, 9.17) is 0 Å². The lowest BCUT2D eigenvalue weighted by atomic mass is 9.92. The van der Waals surface area contributed by atoms with Crippen LogP contribution in [0.4, 0.5) is 0 Å². The second-order valence-electron chi connectivity index (χ2n) is 5.53. The Kier molecular flexibility index (Phi) is 3.71. The van der Waals surface area contributed by atoms with Crippen LogP contribution in [0.1, 0.15) is 31.2 Å². The molecule has 2 aliphatic rings. The maximum Gasteiger partial charge on any atom is 0.0239 e. The van der Waals surface area contributed by atoms with Gasteiger partial charge in [-0.15, -0.1) is 0 Å². The normalized spacial score (nSPS) is 32.9. The molecule has 0 amide bonds. The van der Waals surface area contributed by atoms with Gasteiger partial charge in [0.05, 0.1) is 0 Å². The van der Waals surface area contributed by atoms with Crippen molar-refractivity contribution in [3.8, 4) is 0 Å². The van der Waals surface area contributed by atoms with Gasteiger partial charge in [0.25, 0.3) is 0 Å². The van der Waals surface area contributed by atoms with Crippen molar-refractivity contribution in [3.63, 3.8) is 0 Å². The maximum absolute atomic E-state index is 2.78.